The average Bonchev–Trinajstić information content (AvgIpc) is 1.90. The third-order valence-corrected chi connectivity index (χ3v) is 1.87. The summed E-state index contributed by atoms with van der Waals surface area (Å²) >= 11 is 4.11. The maximum atomic E-state index is 10.3. The maximum absolute atomic E-state index is 10.3. The molecule has 0 fully saturated rings. The fourth-order valence-corrected chi connectivity index (χ4v) is 0.898. The van der Waals surface area contributed by atoms with E-state index in [1.807, 2.05) is 0 Å². The topological polar surface area (TPSA) is 26.3 Å². The van der Waals surface area contributed by atoms with E-state index < -0.39 is 0 Å². The summed E-state index contributed by atoms with van der Waals surface area (Å²) in [6.07, 6.45) is 1.01. The highest BCUT2D eigenvalue weighted by Gasteiger charge is 2.04. The Labute approximate surface area is 67.4 Å². The smallest absolute Gasteiger partial charge is 0.302 e. The summed E-state index contributed by atoms with van der Waals surface area (Å²) in [5, 5.41) is 0. The zero-order valence-electron chi connectivity index (χ0n) is 6.46. The molecule has 0 rings (SSSR count). The Bertz CT molecular complexity index is 99.8. The largest absolute Gasteiger partial charge is 0.466 e. The van der Waals surface area contributed by atoms with E-state index in [-0.39, 0.29) is 5.97 Å². The minimum Gasteiger partial charge on any atom is -0.466 e. The van der Waals surface area contributed by atoms with Crippen LogP contribution in [0, 0.1) is 5.92 Å². The van der Waals surface area contributed by atoms with Crippen molar-refractivity contribution in [3.05, 3.63) is 0 Å². The number of thiol groups is 1. The SMILES string of the molecule is CCC(CS)COC(C)=O. The first-order valence-corrected chi connectivity index (χ1v) is 4.08. The Morgan fingerprint density at radius 1 is 1.70 bits per heavy atom. The molecule has 2 nitrogen and oxygen atoms in total. The van der Waals surface area contributed by atoms with Crippen LogP contribution < -0.4 is 0 Å². The second-order valence-electron chi connectivity index (χ2n) is 2.26. The van der Waals surface area contributed by atoms with Crippen LogP contribution in [0.15, 0.2) is 0 Å². The summed E-state index contributed by atoms with van der Waals surface area (Å²) in [6, 6.07) is 0. The molecule has 0 saturated heterocycles. The van der Waals surface area contributed by atoms with E-state index in [1.165, 1.54) is 6.92 Å². The van der Waals surface area contributed by atoms with Crippen molar-refractivity contribution in [2.45, 2.75) is 20.3 Å². The predicted octanol–water partition coefficient (Wildman–Crippen LogP) is 1.51. The van der Waals surface area contributed by atoms with Crippen LogP contribution >= 0.6 is 12.6 Å². The fraction of sp³-hybridized carbons (Fsp3) is 0.857. The molecule has 1 atom stereocenters. The number of ether oxygens (including phenoxy) is 1. The summed E-state index contributed by atoms with van der Waals surface area (Å²) < 4.78 is 4.80. The van der Waals surface area contributed by atoms with Gasteiger partial charge in [0.1, 0.15) is 0 Å². The van der Waals surface area contributed by atoms with E-state index >= 15 is 0 Å². The second-order valence-corrected chi connectivity index (χ2v) is 2.62. The molecular formula is C7H14O2S. The summed E-state index contributed by atoms with van der Waals surface area (Å²) in [5.74, 6) is 0.983. The van der Waals surface area contributed by atoms with Gasteiger partial charge in [0.05, 0.1) is 6.61 Å². The molecule has 0 aromatic rings. The predicted molar refractivity (Wildman–Crippen MR) is 44.3 cm³/mol. The highest BCUT2D eigenvalue weighted by atomic mass is 32.1. The van der Waals surface area contributed by atoms with Crippen molar-refractivity contribution in [1.29, 1.82) is 0 Å². The van der Waals surface area contributed by atoms with Gasteiger partial charge >= 0.3 is 5.97 Å². The molecule has 0 aliphatic rings. The average molecular weight is 162 g/mol. The Hall–Kier alpha value is -0.180. The molecule has 10 heavy (non-hydrogen) atoms. The van der Waals surface area contributed by atoms with Crippen molar-refractivity contribution in [2.24, 2.45) is 5.92 Å². The first kappa shape index (κ1) is 9.82. The molecular weight excluding hydrogens is 148 g/mol. The van der Waals surface area contributed by atoms with Crippen LogP contribution in [0.25, 0.3) is 0 Å². The van der Waals surface area contributed by atoms with Gasteiger partial charge in [0.25, 0.3) is 0 Å². The lowest BCUT2D eigenvalue weighted by molar-refractivity contribution is -0.142. The molecule has 0 radical (unpaired) electrons. The number of hydrogen-bond acceptors (Lipinski definition) is 3. The third kappa shape index (κ3) is 4.68. The Kier molecular flexibility index (Phi) is 5.49. The van der Waals surface area contributed by atoms with Crippen LogP contribution in [0.3, 0.4) is 0 Å². The summed E-state index contributed by atoms with van der Waals surface area (Å²) in [4.78, 5) is 10.3. The molecule has 0 bridgehead atoms. The van der Waals surface area contributed by atoms with Gasteiger partial charge in [0.2, 0.25) is 0 Å². The van der Waals surface area contributed by atoms with E-state index in [0.29, 0.717) is 12.5 Å². The molecule has 60 valence electrons. The molecule has 0 N–H and O–H groups in total. The van der Waals surface area contributed by atoms with Gasteiger partial charge in [-0.15, -0.1) is 0 Å². The Morgan fingerprint density at radius 2 is 2.30 bits per heavy atom. The Morgan fingerprint density at radius 3 is 2.60 bits per heavy atom. The lowest BCUT2D eigenvalue weighted by atomic mass is 10.1. The molecule has 0 heterocycles. The number of hydrogen-bond donors (Lipinski definition) is 1. The maximum Gasteiger partial charge on any atom is 0.302 e. The molecule has 0 saturated carbocycles. The Balaban J connectivity index is 3.34. The van der Waals surface area contributed by atoms with Crippen molar-refractivity contribution in [1.82, 2.24) is 0 Å². The van der Waals surface area contributed by atoms with E-state index in [1.54, 1.807) is 0 Å². The van der Waals surface area contributed by atoms with Crippen molar-refractivity contribution in [3.8, 4) is 0 Å². The quantitative estimate of drug-likeness (QED) is 0.501. The molecule has 0 aromatic heterocycles. The normalized spacial score (nSPS) is 12.7. The first-order valence-electron chi connectivity index (χ1n) is 3.45. The summed E-state index contributed by atoms with van der Waals surface area (Å²) in [7, 11) is 0. The minimum atomic E-state index is -0.208. The van der Waals surface area contributed by atoms with Crippen LogP contribution in [-0.2, 0) is 9.53 Å². The van der Waals surface area contributed by atoms with Gasteiger partial charge in [-0.05, 0) is 12.2 Å². The number of carbonyl (C=O) groups excluding carboxylic acids is 1. The van der Waals surface area contributed by atoms with Crippen molar-refractivity contribution >= 4 is 18.6 Å². The molecule has 0 spiro atoms. The van der Waals surface area contributed by atoms with Gasteiger partial charge in [-0.1, -0.05) is 6.92 Å². The van der Waals surface area contributed by atoms with Crippen LogP contribution in [0.5, 0.6) is 0 Å². The summed E-state index contributed by atoms with van der Waals surface area (Å²) in [6.45, 7) is 3.99. The van der Waals surface area contributed by atoms with Gasteiger partial charge in [0.15, 0.2) is 0 Å². The third-order valence-electron chi connectivity index (χ3n) is 1.36. The highest BCUT2D eigenvalue weighted by Crippen LogP contribution is 2.04. The van der Waals surface area contributed by atoms with Gasteiger partial charge in [-0.3, -0.25) is 4.79 Å². The van der Waals surface area contributed by atoms with Crippen molar-refractivity contribution in [3.63, 3.8) is 0 Å². The standard InChI is InChI=1S/C7H14O2S/c1-3-7(5-10)4-9-6(2)8/h7,10H,3-5H2,1-2H3. The monoisotopic (exact) mass is 162 g/mol. The fourth-order valence-electron chi connectivity index (χ4n) is 0.535. The van der Waals surface area contributed by atoms with E-state index in [9.17, 15) is 4.79 Å². The zero-order chi connectivity index (χ0) is 7.98. The molecule has 3 heteroatoms. The number of rotatable bonds is 4. The van der Waals surface area contributed by atoms with E-state index in [4.69, 9.17) is 4.74 Å². The number of carbonyl (C=O) groups is 1. The van der Waals surface area contributed by atoms with Gasteiger partial charge in [-0.2, -0.15) is 12.6 Å². The van der Waals surface area contributed by atoms with Gasteiger partial charge in [0, 0.05) is 12.8 Å². The van der Waals surface area contributed by atoms with Crippen molar-refractivity contribution < 1.29 is 9.53 Å². The number of esters is 1. The lowest BCUT2D eigenvalue weighted by Crippen LogP contribution is -2.12. The van der Waals surface area contributed by atoms with E-state index in [0.717, 1.165) is 12.2 Å². The van der Waals surface area contributed by atoms with Crippen molar-refractivity contribution in [2.75, 3.05) is 12.4 Å². The van der Waals surface area contributed by atoms with Crippen LogP contribution in [0.4, 0.5) is 0 Å². The van der Waals surface area contributed by atoms with Crippen LogP contribution in [0.1, 0.15) is 20.3 Å². The minimum absolute atomic E-state index is 0.208. The van der Waals surface area contributed by atoms with Crippen LogP contribution in [-0.4, -0.2) is 18.3 Å². The van der Waals surface area contributed by atoms with E-state index in [2.05, 4.69) is 19.6 Å². The highest BCUT2D eigenvalue weighted by molar-refractivity contribution is 7.80. The van der Waals surface area contributed by atoms with Gasteiger partial charge < -0.3 is 4.74 Å². The molecule has 0 aromatic carbocycles. The molecule has 0 aliphatic heterocycles. The molecule has 0 aliphatic carbocycles. The zero-order valence-corrected chi connectivity index (χ0v) is 7.36. The molecule has 1 unspecified atom stereocenters. The molecule has 0 amide bonds. The van der Waals surface area contributed by atoms with Gasteiger partial charge in [-0.25, -0.2) is 0 Å². The first-order chi connectivity index (χ1) is 4.70. The lowest BCUT2D eigenvalue weighted by Gasteiger charge is -2.10. The van der Waals surface area contributed by atoms with Crippen LogP contribution in [0.2, 0.25) is 0 Å². The second kappa shape index (κ2) is 5.59. The summed E-state index contributed by atoms with van der Waals surface area (Å²) in [5.41, 5.74) is 0.